The van der Waals surface area contributed by atoms with Gasteiger partial charge < -0.3 is 24.8 Å². The highest BCUT2D eigenvalue weighted by molar-refractivity contribution is 5.78. The number of hydrogen-bond acceptors (Lipinski definition) is 11. The zero-order chi connectivity index (χ0) is 23.1. The molecule has 12 nitrogen and oxygen atoms in total. The van der Waals surface area contributed by atoms with Gasteiger partial charge in [0.1, 0.15) is 13.2 Å². The summed E-state index contributed by atoms with van der Waals surface area (Å²) >= 11 is 0. The van der Waals surface area contributed by atoms with Crippen LogP contribution < -0.4 is 15.4 Å². The molecule has 2 N–H and O–H groups in total. The number of anilines is 2. The Kier molecular flexibility index (Phi) is 7.71. The Morgan fingerprint density at radius 2 is 2.22 bits per heavy atom. The molecule has 1 aliphatic heterocycles. The Morgan fingerprint density at radius 3 is 2.84 bits per heavy atom. The molecule has 3 heterocycles. The lowest BCUT2D eigenvalue weighted by atomic mass is 10.2. The predicted octanol–water partition coefficient (Wildman–Crippen LogP) is 1.80. The summed E-state index contributed by atoms with van der Waals surface area (Å²) in [5.41, 5.74) is 6.90. The number of nitro groups is 1. The number of nitrogens with two attached hydrogens (primary N) is 1. The summed E-state index contributed by atoms with van der Waals surface area (Å²) in [5.74, 6) is -1.07. The van der Waals surface area contributed by atoms with Gasteiger partial charge in [-0.1, -0.05) is 6.07 Å². The van der Waals surface area contributed by atoms with Gasteiger partial charge in [-0.2, -0.15) is 9.97 Å². The first kappa shape index (κ1) is 23.1. The zero-order valence-corrected chi connectivity index (χ0v) is 18.0. The SMILES string of the molecule is CCOC(=O)CN(Cc1ccc(C)nc1)c1nc(OCC2CCCO2)nc(N)c1[N+](=O)[O-]. The lowest BCUT2D eigenvalue weighted by Crippen LogP contribution is -2.32. The van der Waals surface area contributed by atoms with E-state index < -0.39 is 16.6 Å². The van der Waals surface area contributed by atoms with Crippen LogP contribution in [0.15, 0.2) is 18.3 Å². The lowest BCUT2D eigenvalue weighted by Gasteiger charge is -2.23. The van der Waals surface area contributed by atoms with Crippen molar-refractivity contribution in [3.05, 3.63) is 39.7 Å². The summed E-state index contributed by atoms with van der Waals surface area (Å²) in [6.07, 6.45) is 3.29. The molecule has 32 heavy (non-hydrogen) atoms. The lowest BCUT2D eigenvalue weighted by molar-refractivity contribution is -0.383. The van der Waals surface area contributed by atoms with Crippen molar-refractivity contribution in [1.29, 1.82) is 0 Å². The Morgan fingerprint density at radius 1 is 1.41 bits per heavy atom. The molecule has 1 fully saturated rings. The average Bonchev–Trinajstić information content (AvgIpc) is 3.26. The maximum Gasteiger partial charge on any atom is 0.353 e. The second-order valence-electron chi connectivity index (χ2n) is 7.24. The van der Waals surface area contributed by atoms with Gasteiger partial charge in [0.15, 0.2) is 0 Å². The molecule has 12 heteroatoms. The maximum atomic E-state index is 12.3. The summed E-state index contributed by atoms with van der Waals surface area (Å²) in [6.45, 7) is 4.35. The number of nitrogen functional groups attached to an aromatic ring is 1. The molecule has 1 unspecified atom stereocenters. The van der Waals surface area contributed by atoms with E-state index in [9.17, 15) is 14.9 Å². The van der Waals surface area contributed by atoms with E-state index in [4.69, 9.17) is 19.9 Å². The molecule has 0 amide bonds. The first-order valence-corrected chi connectivity index (χ1v) is 10.3. The van der Waals surface area contributed by atoms with Crippen molar-refractivity contribution in [3.8, 4) is 6.01 Å². The van der Waals surface area contributed by atoms with Crippen LogP contribution in [0.1, 0.15) is 31.0 Å². The zero-order valence-electron chi connectivity index (χ0n) is 18.0. The first-order valence-electron chi connectivity index (χ1n) is 10.3. The second kappa shape index (κ2) is 10.7. The molecule has 0 saturated carbocycles. The second-order valence-corrected chi connectivity index (χ2v) is 7.24. The van der Waals surface area contributed by atoms with Crippen molar-refractivity contribution in [1.82, 2.24) is 15.0 Å². The van der Waals surface area contributed by atoms with Gasteiger partial charge >= 0.3 is 17.7 Å². The van der Waals surface area contributed by atoms with Gasteiger partial charge in [0.05, 0.1) is 17.6 Å². The number of carbonyl (C=O) groups excluding carboxylic acids is 1. The van der Waals surface area contributed by atoms with E-state index in [2.05, 4.69) is 15.0 Å². The Labute approximate surface area is 184 Å². The standard InChI is InChI=1S/C20H26N6O6/c1-3-30-16(27)11-25(10-14-7-6-13(2)22-9-14)19-17(26(28)29)18(21)23-20(24-19)32-12-15-5-4-8-31-15/h6-7,9,15H,3-5,8,10-12H2,1-2H3,(H2,21,23,24). The monoisotopic (exact) mass is 446 g/mol. The van der Waals surface area contributed by atoms with Crippen LogP contribution in [0.2, 0.25) is 0 Å². The summed E-state index contributed by atoms with van der Waals surface area (Å²) in [4.78, 5) is 37.1. The fraction of sp³-hybridized carbons (Fsp3) is 0.500. The van der Waals surface area contributed by atoms with Crippen LogP contribution in [0, 0.1) is 17.0 Å². The van der Waals surface area contributed by atoms with E-state index in [0.29, 0.717) is 12.2 Å². The quantitative estimate of drug-likeness (QED) is 0.322. The Bertz CT molecular complexity index is 948. The minimum Gasteiger partial charge on any atom is -0.465 e. The van der Waals surface area contributed by atoms with Crippen molar-refractivity contribution in [2.75, 3.05) is 37.0 Å². The van der Waals surface area contributed by atoms with Crippen molar-refractivity contribution in [3.63, 3.8) is 0 Å². The Balaban J connectivity index is 1.95. The molecule has 2 aromatic heterocycles. The topological polar surface area (TPSA) is 156 Å². The normalized spacial score (nSPS) is 15.4. The van der Waals surface area contributed by atoms with Crippen molar-refractivity contribution >= 4 is 23.3 Å². The van der Waals surface area contributed by atoms with E-state index >= 15 is 0 Å². The van der Waals surface area contributed by atoms with Gasteiger partial charge in [-0.25, -0.2) is 0 Å². The molecule has 0 radical (unpaired) electrons. The fourth-order valence-electron chi connectivity index (χ4n) is 3.22. The van der Waals surface area contributed by atoms with Gasteiger partial charge in [-0.3, -0.25) is 19.9 Å². The summed E-state index contributed by atoms with van der Waals surface area (Å²) < 4.78 is 16.2. The molecule has 0 aromatic carbocycles. The number of aryl methyl sites for hydroxylation is 1. The van der Waals surface area contributed by atoms with Crippen LogP contribution in [0.4, 0.5) is 17.3 Å². The van der Waals surface area contributed by atoms with Gasteiger partial charge in [0.2, 0.25) is 11.6 Å². The average molecular weight is 446 g/mol. The third-order valence-corrected chi connectivity index (χ3v) is 4.75. The van der Waals surface area contributed by atoms with E-state index in [-0.39, 0.29) is 50.1 Å². The number of aromatic nitrogens is 3. The summed E-state index contributed by atoms with van der Waals surface area (Å²) in [5, 5.41) is 11.8. The van der Waals surface area contributed by atoms with Crippen LogP contribution in [-0.2, 0) is 20.8 Å². The van der Waals surface area contributed by atoms with Crippen LogP contribution in [0.5, 0.6) is 6.01 Å². The first-order chi connectivity index (χ1) is 15.4. The van der Waals surface area contributed by atoms with E-state index in [1.165, 1.54) is 4.90 Å². The number of ether oxygens (including phenoxy) is 3. The minimum absolute atomic E-state index is 0.104. The summed E-state index contributed by atoms with van der Waals surface area (Å²) in [6, 6.07) is 3.48. The van der Waals surface area contributed by atoms with E-state index in [1.54, 1.807) is 19.2 Å². The number of pyridine rings is 1. The fourth-order valence-corrected chi connectivity index (χ4v) is 3.22. The molecular weight excluding hydrogens is 420 g/mol. The molecule has 172 valence electrons. The third kappa shape index (κ3) is 6.00. The van der Waals surface area contributed by atoms with Gasteiger partial charge in [-0.15, -0.1) is 0 Å². The molecule has 1 atom stereocenters. The number of nitrogens with zero attached hydrogens (tertiary/aromatic N) is 5. The largest absolute Gasteiger partial charge is 0.465 e. The van der Waals surface area contributed by atoms with Crippen LogP contribution >= 0.6 is 0 Å². The number of rotatable bonds is 10. The number of carbonyl (C=O) groups is 1. The molecular formula is C20H26N6O6. The predicted molar refractivity (Wildman–Crippen MR) is 114 cm³/mol. The van der Waals surface area contributed by atoms with E-state index in [0.717, 1.165) is 18.5 Å². The number of hydrogen-bond donors (Lipinski definition) is 1. The molecule has 2 aromatic rings. The molecule has 3 rings (SSSR count). The third-order valence-electron chi connectivity index (χ3n) is 4.75. The molecule has 0 spiro atoms. The Hall–Kier alpha value is -3.54. The maximum absolute atomic E-state index is 12.3. The van der Waals surface area contributed by atoms with Gasteiger partial charge in [-0.05, 0) is 38.3 Å². The highest BCUT2D eigenvalue weighted by Crippen LogP contribution is 2.33. The van der Waals surface area contributed by atoms with Crippen molar-refractivity contribution in [2.24, 2.45) is 0 Å². The minimum atomic E-state index is -0.680. The van der Waals surface area contributed by atoms with Crippen LogP contribution in [-0.4, -0.2) is 58.3 Å². The van der Waals surface area contributed by atoms with Gasteiger partial charge in [0.25, 0.3) is 0 Å². The van der Waals surface area contributed by atoms with Crippen LogP contribution in [0.3, 0.4) is 0 Å². The van der Waals surface area contributed by atoms with E-state index in [1.807, 2.05) is 13.0 Å². The summed E-state index contributed by atoms with van der Waals surface area (Å²) in [7, 11) is 0. The van der Waals surface area contributed by atoms with Crippen molar-refractivity contribution < 1.29 is 23.9 Å². The highest BCUT2D eigenvalue weighted by atomic mass is 16.6. The van der Waals surface area contributed by atoms with Gasteiger partial charge in [0, 0.05) is 25.0 Å². The van der Waals surface area contributed by atoms with Crippen molar-refractivity contribution in [2.45, 2.75) is 39.3 Å². The molecule has 0 bridgehead atoms. The number of esters is 1. The molecule has 0 aliphatic carbocycles. The molecule has 1 saturated heterocycles. The van der Waals surface area contributed by atoms with Crippen LogP contribution in [0.25, 0.3) is 0 Å². The highest BCUT2D eigenvalue weighted by Gasteiger charge is 2.30. The smallest absolute Gasteiger partial charge is 0.353 e. The molecule has 1 aliphatic rings.